The highest BCUT2D eigenvalue weighted by Gasteiger charge is 2.29. The number of hydrogen-bond donors (Lipinski definition) is 1. The monoisotopic (exact) mass is 290 g/mol. The van der Waals surface area contributed by atoms with Crippen LogP contribution in [-0.4, -0.2) is 38.9 Å². The van der Waals surface area contributed by atoms with Gasteiger partial charge in [-0.05, 0) is 32.0 Å². The lowest BCUT2D eigenvalue weighted by atomic mass is 10.1. The van der Waals surface area contributed by atoms with E-state index in [-0.39, 0.29) is 18.4 Å². The molecule has 1 heterocycles. The van der Waals surface area contributed by atoms with E-state index < -0.39 is 10.0 Å². The van der Waals surface area contributed by atoms with Crippen molar-refractivity contribution >= 4 is 22.4 Å². The number of hydrogen-bond acceptors (Lipinski definition) is 3. The maximum Gasteiger partial charge on any atom is 0.243 e. The van der Waals surface area contributed by atoms with Crippen LogP contribution in [0.5, 0.6) is 0 Å². The molecule has 0 aromatic heterocycles. The van der Waals surface area contributed by atoms with E-state index in [1.54, 1.807) is 28.6 Å². The van der Waals surface area contributed by atoms with Crippen molar-refractivity contribution in [2.45, 2.75) is 23.8 Å². The number of nitrogens with one attached hydrogen (secondary N) is 1. The van der Waals surface area contributed by atoms with Gasteiger partial charge < -0.3 is 5.32 Å². The summed E-state index contributed by atoms with van der Waals surface area (Å²) >= 11 is 0. The number of halogens is 1. The molecule has 1 aromatic carbocycles. The summed E-state index contributed by atoms with van der Waals surface area (Å²) in [6.07, 6.45) is 1.95. The molecule has 1 saturated heterocycles. The van der Waals surface area contributed by atoms with Crippen molar-refractivity contribution in [2.24, 2.45) is 0 Å². The third kappa shape index (κ3) is 3.23. The summed E-state index contributed by atoms with van der Waals surface area (Å²) in [7, 11) is -1.43. The molecule has 1 N–H and O–H groups in total. The molecule has 0 bridgehead atoms. The summed E-state index contributed by atoms with van der Waals surface area (Å²) in [5, 5.41) is 3.15. The van der Waals surface area contributed by atoms with Crippen molar-refractivity contribution in [3.8, 4) is 0 Å². The first-order valence-corrected chi connectivity index (χ1v) is 7.31. The lowest BCUT2D eigenvalue weighted by Crippen LogP contribution is -2.46. The van der Waals surface area contributed by atoms with Crippen LogP contribution in [0, 0.1) is 0 Å². The number of rotatable bonds is 3. The van der Waals surface area contributed by atoms with E-state index in [0.29, 0.717) is 18.0 Å². The van der Waals surface area contributed by atoms with Crippen molar-refractivity contribution in [2.75, 3.05) is 20.1 Å². The molecule has 0 saturated carbocycles. The maximum absolute atomic E-state index is 12.3. The molecular weight excluding hydrogens is 272 g/mol. The van der Waals surface area contributed by atoms with Crippen molar-refractivity contribution in [1.82, 2.24) is 9.62 Å². The standard InChI is InChI=1S/C12H18N2O2S.ClH/c1-13-11-6-5-9-14(10-11)17(15,16)12-7-3-2-4-8-12;/h2-4,7-8,11,13H,5-6,9-10H2,1H3;1H. The van der Waals surface area contributed by atoms with E-state index in [0.717, 1.165) is 12.8 Å². The van der Waals surface area contributed by atoms with Crippen LogP contribution < -0.4 is 5.32 Å². The van der Waals surface area contributed by atoms with Gasteiger partial charge in [-0.25, -0.2) is 8.42 Å². The predicted molar refractivity (Wildman–Crippen MR) is 74.5 cm³/mol. The fourth-order valence-corrected chi connectivity index (χ4v) is 3.68. The molecule has 4 nitrogen and oxygen atoms in total. The number of nitrogens with zero attached hydrogens (tertiary/aromatic N) is 1. The SMILES string of the molecule is CNC1CCCN(S(=O)(=O)c2ccccc2)C1.Cl. The summed E-state index contributed by atoms with van der Waals surface area (Å²) in [6.45, 7) is 1.18. The molecule has 1 atom stereocenters. The summed E-state index contributed by atoms with van der Waals surface area (Å²) in [6, 6.07) is 8.91. The minimum absolute atomic E-state index is 0. The molecule has 1 aromatic rings. The number of likely N-dealkylation sites (N-methyl/N-ethyl adjacent to an activating group) is 1. The summed E-state index contributed by atoms with van der Waals surface area (Å²) in [4.78, 5) is 0.386. The van der Waals surface area contributed by atoms with Gasteiger partial charge in [0.25, 0.3) is 0 Å². The van der Waals surface area contributed by atoms with Crippen LogP contribution in [0.3, 0.4) is 0 Å². The molecule has 102 valence electrons. The molecular formula is C12H19ClN2O2S. The molecule has 0 amide bonds. The average Bonchev–Trinajstić information content (AvgIpc) is 2.40. The largest absolute Gasteiger partial charge is 0.316 e. The fourth-order valence-electron chi connectivity index (χ4n) is 2.14. The minimum Gasteiger partial charge on any atom is -0.316 e. The van der Waals surface area contributed by atoms with Crippen molar-refractivity contribution < 1.29 is 8.42 Å². The topological polar surface area (TPSA) is 49.4 Å². The molecule has 1 aliphatic heterocycles. The quantitative estimate of drug-likeness (QED) is 0.917. The van der Waals surface area contributed by atoms with Gasteiger partial charge >= 0.3 is 0 Å². The first kappa shape index (κ1) is 15.4. The van der Waals surface area contributed by atoms with Crippen LogP contribution in [0.2, 0.25) is 0 Å². The van der Waals surface area contributed by atoms with Crippen LogP contribution in [0.4, 0.5) is 0 Å². The molecule has 6 heteroatoms. The summed E-state index contributed by atoms with van der Waals surface area (Å²) < 4.78 is 26.3. The number of benzene rings is 1. The van der Waals surface area contributed by atoms with Gasteiger partial charge in [0.15, 0.2) is 0 Å². The zero-order valence-electron chi connectivity index (χ0n) is 10.4. The van der Waals surface area contributed by atoms with Gasteiger partial charge in [-0.3, -0.25) is 0 Å². The Kier molecular flexibility index (Phi) is 5.59. The zero-order chi connectivity index (χ0) is 12.3. The van der Waals surface area contributed by atoms with Crippen LogP contribution in [0.25, 0.3) is 0 Å². The number of piperidine rings is 1. The van der Waals surface area contributed by atoms with Crippen molar-refractivity contribution in [1.29, 1.82) is 0 Å². The van der Waals surface area contributed by atoms with E-state index in [4.69, 9.17) is 0 Å². The Morgan fingerprint density at radius 1 is 1.28 bits per heavy atom. The van der Waals surface area contributed by atoms with Gasteiger partial charge in [0.2, 0.25) is 10.0 Å². The summed E-state index contributed by atoms with van der Waals surface area (Å²) in [5.41, 5.74) is 0. The first-order chi connectivity index (χ1) is 8.14. The van der Waals surface area contributed by atoms with Gasteiger partial charge in [0.1, 0.15) is 0 Å². The van der Waals surface area contributed by atoms with E-state index in [1.807, 2.05) is 13.1 Å². The smallest absolute Gasteiger partial charge is 0.243 e. The normalized spacial score (nSPS) is 21.3. The lowest BCUT2D eigenvalue weighted by molar-refractivity contribution is 0.293. The Labute approximate surface area is 115 Å². The molecule has 1 unspecified atom stereocenters. The molecule has 2 rings (SSSR count). The third-order valence-electron chi connectivity index (χ3n) is 3.17. The Bertz CT molecular complexity index is 464. The molecule has 1 fully saturated rings. The van der Waals surface area contributed by atoms with Crippen LogP contribution >= 0.6 is 12.4 Å². The minimum atomic E-state index is -3.31. The van der Waals surface area contributed by atoms with E-state index in [2.05, 4.69) is 5.32 Å². The molecule has 0 spiro atoms. The van der Waals surface area contributed by atoms with Crippen LogP contribution in [0.1, 0.15) is 12.8 Å². The maximum atomic E-state index is 12.3. The molecule has 0 aliphatic carbocycles. The van der Waals surface area contributed by atoms with Gasteiger partial charge in [0.05, 0.1) is 4.90 Å². The first-order valence-electron chi connectivity index (χ1n) is 5.87. The van der Waals surface area contributed by atoms with Crippen molar-refractivity contribution in [3.05, 3.63) is 30.3 Å². The lowest BCUT2D eigenvalue weighted by Gasteiger charge is -2.31. The molecule has 0 radical (unpaired) electrons. The van der Waals surface area contributed by atoms with Gasteiger partial charge in [-0.1, -0.05) is 18.2 Å². The molecule has 18 heavy (non-hydrogen) atoms. The van der Waals surface area contributed by atoms with Crippen LogP contribution in [0.15, 0.2) is 35.2 Å². The second-order valence-corrected chi connectivity index (χ2v) is 6.24. The van der Waals surface area contributed by atoms with Gasteiger partial charge in [-0.15, -0.1) is 12.4 Å². The van der Waals surface area contributed by atoms with Gasteiger partial charge in [0, 0.05) is 19.1 Å². The van der Waals surface area contributed by atoms with E-state index >= 15 is 0 Å². The third-order valence-corrected chi connectivity index (χ3v) is 5.05. The zero-order valence-corrected chi connectivity index (χ0v) is 12.0. The predicted octanol–water partition coefficient (Wildman–Crippen LogP) is 1.48. The highest BCUT2D eigenvalue weighted by atomic mass is 35.5. The second-order valence-electron chi connectivity index (χ2n) is 4.30. The Morgan fingerprint density at radius 3 is 2.56 bits per heavy atom. The van der Waals surface area contributed by atoms with Crippen molar-refractivity contribution in [3.63, 3.8) is 0 Å². The summed E-state index contributed by atoms with van der Waals surface area (Å²) in [5.74, 6) is 0. The van der Waals surface area contributed by atoms with E-state index in [9.17, 15) is 8.42 Å². The highest BCUT2D eigenvalue weighted by molar-refractivity contribution is 7.89. The Balaban J connectivity index is 0.00000162. The highest BCUT2D eigenvalue weighted by Crippen LogP contribution is 2.20. The van der Waals surface area contributed by atoms with E-state index in [1.165, 1.54) is 0 Å². The Hall–Kier alpha value is -0.620. The molecule has 1 aliphatic rings. The van der Waals surface area contributed by atoms with Gasteiger partial charge in [-0.2, -0.15) is 4.31 Å². The average molecular weight is 291 g/mol. The van der Waals surface area contributed by atoms with Crippen LogP contribution in [-0.2, 0) is 10.0 Å². The Morgan fingerprint density at radius 2 is 1.94 bits per heavy atom. The number of sulfonamides is 1. The second kappa shape index (κ2) is 6.52. The fraction of sp³-hybridized carbons (Fsp3) is 0.500.